The van der Waals surface area contributed by atoms with Crippen LogP contribution in [0.1, 0.15) is 28.8 Å². The lowest BCUT2D eigenvalue weighted by Gasteiger charge is -2.53. The number of fused-ring (bicyclic) bond motifs is 4. The van der Waals surface area contributed by atoms with E-state index >= 15 is 0 Å². The van der Waals surface area contributed by atoms with Gasteiger partial charge in [0.2, 0.25) is 12.6 Å². The maximum atomic E-state index is 14.0. The van der Waals surface area contributed by atoms with Crippen LogP contribution in [0, 0.1) is 11.8 Å². The van der Waals surface area contributed by atoms with Gasteiger partial charge in [-0.3, -0.25) is 19.3 Å². The zero-order valence-electron chi connectivity index (χ0n) is 22.3. The SMILES string of the molecule is CC1c2ccc(-c3ccc4c(c3)OCO4)c(O)c2C(=O)C2=C(O)[C@]3(O)C(=O)C(C(N)=O)=C(O)[C@@H](N(C)C)[C@@H]3[C@@H](O)[C@@H]21. The molecule has 6 atom stereocenters. The van der Waals surface area contributed by atoms with Gasteiger partial charge in [0.05, 0.1) is 23.6 Å². The number of rotatable bonds is 3. The number of nitrogens with zero attached hydrogens (tertiary/aromatic N) is 1. The monoisotopic (exact) mass is 564 g/mol. The largest absolute Gasteiger partial charge is 0.510 e. The fraction of sp³-hybridized carbons (Fsp3) is 0.345. The molecule has 0 bridgehead atoms. The Bertz CT molecular complexity index is 1630. The molecular formula is C29H28N2O10. The van der Waals surface area contributed by atoms with Gasteiger partial charge in [0.15, 0.2) is 22.9 Å². The molecule has 0 radical (unpaired) electrons. The number of hydrogen-bond donors (Lipinski definition) is 6. The van der Waals surface area contributed by atoms with E-state index < -0.39 is 81.4 Å². The Morgan fingerprint density at radius 2 is 1.76 bits per heavy atom. The molecule has 6 rings (SSSR count). The minimum absolute atomic E-state index is 0.0455. The molecule has 1 unspecified atom stereocenters. The van der Waals surface area contributed by atoms with E-state index in [1.54, 1.807) is 37.3 Å². The molecule has 12 nitrogen and oxygen atoms in total. The number of aliphatic hydroxyl groups is 4. The molecule has 214 valence electrons. The van der Waals surface area contributed by atoms with E-state index in [1.807, 2.05) is 0 Å². The summed E-state index contributed by atoms with van der Waals surface area (Å²) in [6.07, 6.45) is -1.65. The van der Waals surface area contributed by atoms with E-state index in [0.717, 1.165) is 0 Å². The van der Waals surface area contributed by atoms with Gasteiger partial charge in [-0.1, -0.05) is 25.1 Å². The van der Waals surface area contributed by atoms with Crippen molar-refractivity contribution < 1.29 is 49.4 Å². The molecule has 4 aliphatic rings. The van der Waals surface area contributed by atoms with Crippen LogP contribution in [0.25, 0.3) is 11.1 Å². The molecule has 0 fully saturated rings. The van der Waals surface area contributed by atoms with E-state index in [-0.39, 0.29) is 17.9 Å². The molecule has 41 heavy (non-hydrogen) atoms. The Morgan fingerprint density at radius 3 is 2.41 bits per heavy atom. The van der Waals surface area contributed by atoms with Crippen LogP contribution < -0.4 is 15.2 Å². The molecule has 2 aromatic carbocycles. The number of likely N-dealkylation sites (N-methyl/N-ethyl adjacent to an activating group) is 1. The highest BCUT2D eigenvalue weighted by Gasteiger charge is 2.67. The third-order valence-corrected chi connectivity index (χ3v) is 8.81. The van der Waals surface area contributed by atoms with Gasteiger partial charge in [-0.25, -0.2) is 0 Å². The highest BCUT2D eigenvalue weighted by atomic mass is 16.7. The van der Waals surface area contributed by atoms with Crippen LogP contribution in [-0.2, 0) is 9.59 Å². The van der Waals surface area contributed by atoms with E-state index in [4.69, 9.17) is 15.2 Å². The van der Waals surface area contributed by atoms with Crippen molar-refractivity contribution in [3.05, 3.63) is 64.1 Å². The predicted octanol–water partition coefficient (Wildman–Crippen LogP) is 1.05. The van der Waals surface area contributed by atoms with E-state index in [1.165, 1.54) is 19.0 Å². The first-order chi connectivity index (χ1) is 19.3. The van der Waals surface area contributed by atoms with Gasteiger partial charge in [-0.05, 0) is 43.3 Å². The minimum atomic E-state index is -2.96. The third-order valence-electron chi connectivity index (χ3n) is 8.81. The number of phenolic OH excluding ortho intramolecular Hbond substituents is 1. The van der Waals surface area contributed by atoms with E-state index in [2.05, 4.69) is 0 Å². The van der Waals surface area contributed by atoms with Crippen LogP contribution in [-0.4, -0.2) is 86.5 Å². The zero-order chi connectivity index (χ0) is 29.7. The Balaban J connectivity index is 1.56. The summed E-state index contributed by atoms with van der Waals surface area (Å²) in [5, 5.41) is 57.3. The maximum Gasteiger partial charge on any atom is 0.255 e. The fourth-order valence-corrected chi connectivity index (χ4v) is 6.92. The highest BCUT2D eigenvalue weighted by molar-refractivity contribution is 6.25. The van der Waals surface area contributed by atoms with Crippen LogP contribution in [0.15, 0.2) is 53.0 Å². The van der Waals surface area contributed by atoms with Crippen LogP contribution in [0.5, 0.6) is 17.2 Å². The van der Waals surface area contributed by atoms with E-state index in [9.17, 15) is 39.9 Å². The Labute approximate surface area is 233 Å². The van der Waals surface area contributed by atoms with Crippen LogP contribution in [0.2, 0.25) is 0 Å². The molecule has 0 saturated heterocycles. The van der Waals surface area contributed by atoms with Gasteiger partial charge in [-0.2, -0.15) is 0 Å². The molecule has 1 aliphatic heterocycles. The summed E-state index contributed by atoms with van der Waals surface area (Å²) < 4.78 is 10.8. The van der Waals surface area contributed by atoms with Gasteiger partial charge >= 0.3 is 0 Å². The summed E-state index contributed by atoms with van der Waals surface area (Å²) in [5.41, 5.74) is 1.99. The van der Waals surface area contributed by atoms with Crippen molar-refractivity contribution in [1.29, 1.82) is 0 Å². The number of hydrogen-bond acceptors (Lipinski definition) is 11. The smallest absolute Gasteiger partial charge is 0.255 e. The number of phenols is 1. The number of nitrogens with two attached hydrogens (primary N) is 1. The van der Waals surface area contributed by atoms with Gasteiger partial charge in [0.25, 0.3) is 5.91 Å². The number of carbonyl (C=O) groups is 3. The van der Waals surface area contributed by atoms with Crippen molar-refractivity contribution in [1.82, 2.24) is 4.90 Å². The van der Waals surface area contributed by atoms with Crippen molar-refractivity contribution in [2.75, 3.05) is 20.9 Å². The Morgan fingerprint density at radius 1 is 1.07 bits per heavy atom. The summed E-state index contributed by atoms with van der Waals surface area (Å²) in [6, 6.07) is 6.92. The molecular weight excluding hydrogens is 536 g/mol. The fourth-order valence-electron chi connectivity index (χ4n) is 6.92. The summed E-state index contributed by atoms with van der Waals surface area (Å²) in [5.74, 6) is -8.31. The Hall–Kier alpha value is -4.39. The van der Waals surface area contributed by atoms with Crippen LogP contribution in [0.3, 0.4) is 0 Å². The number of carbonyl (C=O) groups excluding carboxylic acids is 3. The molecule has 0 aromatic heterocycles. The normalized spacial score (nSPS) is 30.3. The van der Waals surface area contributed by atoms with Crippen molar-refractivity contribution >= 4 is 17.5 Å². The first kappa shape index (κ1) is 26.8. The van der Waals surface area contributed by atoms with Crippen molar-refractivity contribution in [2.45, 2.75) is 30.6 Å². The molecule has 2 aromatic rings. The number of ether oxygens (including phenoxy) is 2. The summed E-state index contributed by atoms with van der Waals surface area (Å²) >= 11 is 0. The topological polar surface area (TPSA) is 200 Å². The molecule has 1 heterocycles. The number of Topliss-reactive ketones (excluding diaryl/α,β-unsaturated/α-hetero) is 2. The van der Waals surface area contributed by atoms with Crippen LogP contribution >= 0.6 is 0 Å². The molecule has 0 saturated carbocycles. The number of ketones is 2. The lowest BCUT2D eigenvalue weighted by molar-refractivity contribution is -0.162. The average molecular weight is 565 g/mol. The lowest BCUT2D eigenvalue weighted by atomic mass is 9.55. The second-order valence-corrected chi connectivity index (χ2v) is 11.0. The first-order valence-corrected chi connectivity index (χ1v) is 12.9. The highest BCUT2D eigenvalue weighted by Crippen LogP contribution is 2.56. The van der Waals surface area contributed by atoms with E-state index in [0.29, 0.717) is 22.6 Å². The minimum Gasteiger partial charge on any atom is -0.510 e. The van der Waals surface area contributed by atoms with Gasteiger partial charge in [0, 0.05) is 17.1 Å². The summed E-state index contributed by atoms with van der Waals surface area (Å²) in [7, 11) is 2.97. The number of benzene rings is 2. The van der Waals surface area contributed by atoms with Crippen molar-refractivity contribution in [2.24, 2.45) is 17.6 Å². The first-order valence-electron chi connectivity index (χ1n) is 12.9. The maximum absolute atomic E-state index is 14.0. The second-order valence-electron chi connectivity index (χ2n) is 11.0. The van der Waals surface area contributed by atoms with Crippen molar-refractivity contribution in [3.8, 4) is 28.4 Å². The molecule has 3 aliphatic carbocycles. The summed E-state index contributed by atoms with van der Waals surface area (Å²) in [4.78, 5) is 41.1. The number of primary amides is 1. The van der Waals surface area contributed by atoms with Gasteiger partial charge in [-0.15, -0.1) is 0 Å². The third kappa shape index (κ3) is 3.35. The Kier molecular flexibility index (Phi) is 5.76. The van der Waals surface area contributed by atoms with Crippen LogP contribution in [0.4, 0.5) is 0 Å². The lowest BCUT2D eigenvalue weighted by Crippen LogP contribution is -2.68. The quantitative estimate of drug-likeness (QED) is 0.291. The number of amides is 1. The second kappa shape index (κ2) is 8.80. The molecule has 12 heteroatoms. The molecule has 7 N–H and O–H groups in total. The standard InChI is InChI=1S/C29H28N2O10/c1-10-12-5-6-13(11-4-7-14-15(8-11)41-9-40-14)22(32)17(12)23(33)18-16(10)24(34)20-21(31(2)3)25(35)19(28(30)38)27(37)29(20,39)26(18)36/h4-8,10,16,20-21,24,32,34-36,39H,9H2,1-3H3,(H2,30,38)/t10?,16-,20-,21+,24+,29+/m1/s1. The van der Waals surface area contributed by atoms with Gasteiger partial charge in [0.1, 0.15) is 22.8 Å². The zero-order valence-corrected chi connectivity index (χ0v) is 22.3. The molecule has 0 spiro atoms. The number of aliphatic hydroxyl groups excluding tert-OH is 3. The predicted molar refractivity (Wildman–Crippen MR) is 141 cm³/mol. The van der Waals surface area contributed by atoms with Crippen molar-refractivity contribution in [3.63, 3.8) is 0 Å². The number of aromatic hydroxyl groups is 1. The molecule has 1 amide bonds. The van der Waals surface area contributed by atoms with Gasteiger partial charge < -0.3 is 40.7 Å². The average Bonchev–Trinajstić information content (AvgIpc) is 3.38. The summed E-state index contributed by atoms with van der Waals surface area (Å²) in [6.45, 7) is 1.72.